The highest BCUT2D eigenvalue weighted by atomic mass is 16.3. The lowest BCUT2D eigenvalue weighted by Gasteiger charge is -2.25. The van der Waals surface area contributed by atoms with Gasteiger partial charge in [-0.15, -0.1) is 0 Å². The van der Waals surface area contributed by atoms with Gasteiger partial charge in [0.2, 0.25) is 5.91 Å². The van der Waals surface area contributed by atoms with Crippen molar-refractivity contribution in [1.29, 1.82) is 0 Å². The summed E-state index contributed by atoms with van der Waals surface area (Å²) in [4.78, 5) is 11.5. The molecule has 4 heteroatoms. The minimum absolute atomic E-state index is 0.0841. The number of carbonyl (C=O) groups is 1. The number of rotatable bonds is 6. The number of carbonyl (C=O) groups excluding carboxylic acids is 1. The zero-order valence-corrected chi connectivity index (χ0v) is 9.34. The monoisotopic (exact) mass is 202 g/mol. The van der Waals surface area contributed by atoms with Crippen molar-refractivity contribution in [2.75, 3.05) is 6.61 Å². The Morgan fingerprint density at radius 2 is 2.14 bits per heavy atom. The highest BCUT2D eigenvalue weighted by Gasteiger charge is 2.22. The van der Waals surface area contributed by atoms with Crippen molar-refractivity contribution in [3.63, 3.8) is 0 Å². The Balaban J connectivity index is 3.95. The van der Waals surface area contributed by atoms with Crippen LogP contribution in [0.15, 0.2) is 0 Å². The van der Waals surface area contributed by atoms with Gasteiger partial charge in [-0.2, -0.15) is 0 Å². The number of amides is 1. The summed E-state index contributed by atoms with van der Waals surface area (Å²) in [7, 11) is 0. The van der Waals surface area contributed by atoms with Gasteiger partial charge in [0.25, 0.3) is 0 Å². The van der Waals surface area contributed by atoms with Crippen LogP contribution in [0.1, 0.15) is 40.0 Å². The van der Waals surface area contributed by atoms with Crippen LogP contribution in [0.3, 0.4) is 0 Å². The molecule has 1 atom stereocenters. The molecule has 0 unspecified atom stereocenters. The van der Waals surface area contributed by atoms with E-state index in [2.05, 4.69) is 12.2 Å². The van der Waals surface area contributed by atoms with Gasteiger partial charge in [-0.1, -0.05) is 19.8 Å². The smallest absolute Gasteiger partial charge is 0.237 e. The molecule has 0 saturated carbocycles. The highest BCUT2D eigenvalue weighted by Crippen LogP contribution is 2.03. The maximum absolute atomic E-state index is 11.5. The minimum atomic E-state index is -0.582. The first-order valence-electron chi connectivity index (χ1n) is 5.11. The number of aliphatic hydroxyl groups is 1. The third kappa shape index (κ3) is 5.19. The zero-order valence-electron chi connectivity index (χ0n) is 9.34. The Labute approximate surface area is 85.9 Å². The lowest BCUT2D eigenvalue weighted by Crippen LogP contribution is -2.52. The average molecular weight is 202 g/mol. The molecule has 0 radical (unpaired) electrons. The molecule has 0 aliphatic carbocycles. The summed E-state index contributed by atoms with van der Waals surface area (Å²) in [5, 5.41) is 11.6. The summed E-state index contributed by atoms with van der Waals surface area (Å²) in [6.07, 6.45) is 2.68. The Morgan fingerprint density at radius 3 is 2.57 bits per heavy atom. The number of hydrogen-bond donors (Lipinski definition) is 3. The molecule has 0 aromatic carbocycles. The van der Waals surface area contributed by atoms with E-state index in [0.717, 1.165) is 12.8 Å². The van der Waals surface area contributed by atoms with Crippen LogP contribution >= 0.6 is 0 Å². The van der Waals surface area contributed by atoms with E-state index in [1.807, 2.05) is 0 Å². The van der Waals surface area contributed by atoms with E-state index >= 15 is 0 Å². The van der Waals surface area contributed by atoms with Crippen LogP contribution in [0.4, 0.5) is 0 Å². The second-order valence-electron chi connectivity index (χ2n) is 4.28. The summed E-state index contributed by atoms with van der Waals surface area (Å²) in [5.41, 5.74) is 5.09. The molecule has 0 aromatic rings. The number of nitrogens with two attached hydrogens (primary N) is 1. The van der Waals surface area contributed by atoms with Crippen LogP contribution in [0.25, 0.3) is 0 Å². The van der Waals surface area contributed by atoms with Crippen molar-refractivity contribution in [2.24, 2.45) is 5.73 Å². The van der Waals surface area contributed by atoms with Crippen LogP contribution in [0.5, 0.6) is 0 Å². The molecule has 0 aliphatic heterocycles. The van der Waals surface area contributed by atoms with Crippen molar-refractivity contribution in [1.82, 2.24) is 5.32 Å². The van der Waals surface area contributed by atoms with Crippen LogP contribution in [-0.2, 0) is 4.79 Å². The molecule has 0 aromatic heterocycles. The van der Waals surface area contributed by atoms with Crippen molar-refractivity contribution in [3.8, 4) is 0 Å². The van der Waals surface area contributed by atoms with Crippen LogP contribution < -0.4 is 11.1 Å². The van der Waals surface area contributed by atoms with Crippen LogP contribution in [-0.4, -0.2) is 29.2 Å². The largest absolute Gasteiger partial charge is 0.394 e. The minimum Gasteiger partial charge on any atom is -0.394 e. The van der Waals surface area contributed by atoms with Gasteiger partial charge in [0.05, 0.1) is 18.2 Å². The third-order valence-corrected chi connectivity index (χ3v) is 2.06. The maximum Gasteiger partial charge on any atom is 0.237 e. The summed E-state index contributed by atoms with van der Waals surface area (Å²) in [5.74, 6) is -0.183. The van der Waals surface area contributed by atoms with E-state index in [1.165, 1.54) is 0 Å². The Kier molecular flexibility index (Phi) is 5.72. The lowest BCUT2D eigenvalue weighted by atomic mass is 10.0. The topological polar surface area (TPSA) is 75.4 Å². The Hall–Kier alpha value is -0.610. The first-order valence-corrected chi connectivity index (χ1v) is 5.11. The quantitative estimate of drug-likeness (QED) is 0.583. The average Bonchev–Trinajstić information content (AvgIpc) is 2.13. The van der Waals surface area contributed by atoms with Crippen LogP contribution in [0, 0.1) is 0 Å². The van der Waals surface area contributed by atoms with Crippen molar-refractivity contribution >= 4 is 5.91 Å². The molecule has 0 bridgehead atoms. The number of nitrogens with one attached hydrogen (secondary N) is 1. The second kappa shape index (κ2) is 5.98. The number of aliphatic hydroxyl groups excluding tert-OH is 1. The number of unbranched alkanes of at least 4 members (excludes halogenated alkanes) is 1. The van der Waals surface area contributed by atoms with Gasteiger partial charge in [-0.3, -0.25) is 4.79 Å². The van der Waals surface area contributed by atoms with Gasteiger partial charge in [-0.05, 0) is 20.3 Å². The van der Waals surface area contributed by atoms with E-state index in [9.17, 15) is 4.79 Å². The Bertz CT molecular complexity index is 181. The fourth-order valence-corrected chi connectivity index (χ4v) is 1.02. The highest BCUT2D eigenvalue weighted by molar-refractivity contribution is 5.82. The molecular formula is C10H22N2O2. The molecule has 4 nitrogen and oxygen atoms in total. The number of hydrogen-bond acceptors (Lipinski definition) is 3. The summed E-state index contributed by atoms with van der Waals surface area (Å²) < 4.78 is 0. The van der Waals surface area contributed by atoms with Gasteiger partial charge in [0, 0.05) is 0 Å². The van der Waals surface area contributed by atoms with Crippen LogP contribution in [0.2, 0.25) is 0 Å². The molecule has 14 heavy (non-hydrogen) atoms. The molecule has 0 rings (SSSR count). The van der Waals surface area contributed by atoms with Gasteiger partial charge in [0.1, 0.15) is 0 Å². The van der Waals surface area contributed by atoms with Crippen molar-refractivity contribution < 1.29 is 9.90 Å². The predicted octanol–water partition coefficient (Wildman–Crippen LogP) is 0.391. The predicted molar refractivity (Wildman–Crippen MR) is 56.8 cm³/mol. The standard InChI is InChI=1S/C10H22N2O2/c1-4-5-6-8(11)9(14)12-10(2,3)7-13/h8,13H,4-7,11H2,1-3H3,(H,12,14)/t8-/m0/s1. The van der Waals surface area contributed by atoms with E-state index in [1.54, 1.807) is 13.8 Å². The van der Waals surface area contributed by atoms with E-state index < -0.39 is 11.6 Å². The molecule has 84 valence electrons. The van der Waals surface area contributed by atoms with Gasteiger partial charge in [-0.25, -0.2) is 0 Å². The summed E-state index contributed by atoms with van der Waals surface area (Å²) in [6, 6.07) is -0.458. The molecule has 0 saturated heterocycles. The summed E-state index contributed by atoms with van der Waals surface area (Å²) >= 11 is 0. The molecule has 1 amide bonds. The van der Waals surface area contributed by atoms with E-state index in [-0.39, 0.29) is 12.5 Å². The molecular weight excluding hydrogens is 180 g/mol. The normalized spacial score (nSPS) is 13.8. The fourth-order valence-electron chi connectivity index (χ4n) is 1.02. The third-order valence-electron chi connectivity index (χ3n) is 2.06. The maximum atomic E-state index is 11.5. The zero-order chi connectivity index (χ0) is 11.2. The molecule has 0 aliphatic rings. The molecule has 0 heterocycles. The first kappa shape index (κ1) is 13.4. The Morgan fingerprint density at radius 1 is 1.57 bits per heavy atom. The molecule has 4 N–H and O–H groups in total. The van der Waals surface area contributed by atoms with E-state index in [4.69, 9.17) is 10.8 Å². The van der Waals surface area contributed by atoms with E-state index in [0.29, 0.717) is 6.42 Å². The summed E-state index contributed by atoms with van der Waals surface area (Å²) in [6.45, 7) is 5.50. The first-order chi connectivity index (χ1) is 6.43. The molecule has 0 fully saturated rings. The second-order valence-corrected chi connectivity index (χ2v) is 4.28. The van der Waals surface area contributed by atoms with Crippen molar-refractivity contribution in [3.05, 3.63) is 0 Å². The van der Waals surface area contributed by atoms with Gasteiger partial charge in [0.15, 0.2) is 0 Å². The lowest BCUT2D eigenvalue weighted by molar-refractivity contribution is -0.124. The van der Waals surface area contributed by atoms with Gasteiger partial charge >= 0.3 is 0 Å². The molecule has 0 spiro atoms. The SMILES string of the molecule is CCCC[C@H](N)C(=O)NC(C)(C)CO. The van der Waals surface area contributed by atoms with Gasteiger partial charge < -0.3 is 16.2 Å². The fraction of sp³-hybridized carbons (Fsp3) is 0.900. The van der Waals surface area contributed by atoms with Crippen molar-refractivity contribution in [2.45, 2.75) is 51.6 Å².